The Balaban J connectivity index is 1.27. The molecule has 0 bridgehead atoms. The van der Waals surface area contributed by atoms with Crippen LogP contribution in [-0.2, 0) is 11.3 Å². The van der Waals surface area contributed by atoms with Crippen LogP contribution in [0, 0.1) is 5.92 Å². The fourth-order valence-electron chi connectivity index (χ4n) is 4.63. The van der Waals surface area contributed by atoms with Crippen molar-refractivity contribution in [1.29, 1.82) is 0 Å². The quantitative estimate of drug-likeness (QED) is 0.569. The van der Waals surface area contributed by atoms with Crippen LogP contribution >= 0.6 is 0 Å². The van der Waals surface area contributed by atoms with Gasteiger partial charge in [-0.2, -0.15) is 0 Å². The normalized spacial score (nSPS) is 25.2. The van der Waals surface area contributed by atoms with Gasteiger partial charge in [0.15, 0.2) is 5.96 Å². The smallest absolute Gasteiger partial charge is 0.191 e. The Morgan fingerprint density at radius 3 is 2.60 bits per heavy atom. The number of rotatable bonds is 6. The number of guanidine groups is 1. The van der Waals surface area contributed by atoms with E-state index in [1.165, 1.54) is 24.0 Å². The molecule has 0 amide bonds. The minimum Gasteiger partial charge on any atom is -0.373 e. The summed E-state index contributed by atoms with van der Waals surface area (Å²) in [4.78, 5) is 7.03. The standard InChI is InChI=1S/C25H34N4O/c1-26-25(27-17-22-14-16-30-24(22)21-11-6-3-7-12-21)28-23-13-8-15-29(19-23)18-20-9-4-2-5-10-20/h2-7,9-12,22-24H,8,13-19H2,1H3,(H2,26,27,28). The highest BCUT2D eigenvalue weighted by atomic mass is 16.5. The fraction of sp³-hybridized carbons (Fsp3) is 0.480. The van der Waals surface area contributed by atoms with Crippen LogP contribution in [0.1, 0.15) is 36.5 Å². The molecule has 2 N–H and O–H groups in total. The monoisotopic (exact) mass is 406 g/mol. The van der Waals surface area contributed by atoms with Gasteiger partial charge >= 0.3 is 0 Å². The van der Waals surface area contributed by atoms with Gasteiger partial charge in [0.25, 0.3) is 0 Å². The molecule has 3 atom stereocenters. The molecular weight excluding hydrogens is 372 g/mol. The maximum Gasteiger partial charge on any atom is 0.191 e. The summed E-state index contributed by atoms with van der Waals surface area (Å²) in [6.07, 6.45) is 3.66. The van der Waals surface area contributed by atoms with Crippen molar-refractivity contribution in [2.24, 2.45) is 10.9 Å². The van der Waals surface area contributed by atoms with Gasteiger partial charge in [-0.25, -0.2) is 0 Å². The zero-order valence-corrected chi connectivity index (χ0v) is 18.0. The number of nitrogens with one attached hydrogen (secondary N) is 2. The minimum absolute atomic E-state index is 0.174. The van der Waals surface area contributed by atoms with Crippen LogP contribution in [0.3, 0.4) is 0 Å². The van der Waals surface area contributed by atoms with E-state index in [-0.39, 0.29) is 6.10 Å². The molecule has 2 saturated heterocycles. The van der Waals surface area contributed by atoms with Crippen LogP contribution in [0.25, 0.3) is 0 Å². The molecule has 0 radical (unpaired) electrons. The second kappa shape index (κ2) is 10.6. The third-order valence-corrected chi connectivity index (χ3v) is 6.19. The first kappa shape index (κ1) is 20.9. The highest BCUT2D eigenvalue weighted by molar-refractivity contribution is 5.80. The van der Waals surface area contributed by atoms with Crippen molar-refractivity contribution >= 4 is 5.96 Å². The third kappa shape index (κ3) is 5.61. The van der Waals surface area contributed by atoms with Gasteiger partial charge in [-0.15, -0.1) is 0 Å². The van der Waals surface area contributed by atoms with Crippen LogP contribution in [0.15, 0.2) is 65.7 Å². The lowest BCUT2D eigenvalue weighted by Crippen LogP contribution is -2.51. The Morgan fingerprint density at radius 1 is 1.07 bits per heavy atom. The van der Waals surface area contributed by atoms with Crippen molar-refractivity contribution < 1.29 is 4.74 Å². The van der Waals surface area contributed by atoms with Gasteiger partial charge in [-0.05, 0) is 36.9 Å². The van der Waals surface area contributed by atoms with Crippen LogP contribution in [-0.4, -0.2) is 50.2 Å². The molecule has 2 aromatic carbocycles. The molecule has 0 aliphatic carbocycles. The predicted octanol–water partition coefficient (Wildman–Crippen LogP) is 3.59. The largest absolute Gasteiger partial charge is 0.373 e. The molecule has 3 unspecified atom stereocenters. The first-order valence-electron chi connectivity index (χ1n) is 11.2. The van der Waals surface area contributed by atoms with E-state index in [9.17, 15) is 0 Å². The van der Waals surface area contributed by atoms with Gasteiger partial charge in [0.2, 0.25) is 0 Å². The second-order valence-corrected chi connectivity index (χ2v) is 8.41. The molecule has 4 rings (SSSR count). The van der Waals surface area contributed by atoms with E-state index in [0.717, 1.165) is 45.2 Å². The van der Waals surface area contributed by atoms with E-state index < -0.39 is 0 Å². The highest BCUT2D eigenvalue weighted by Gasteiger charge is 2.30. The summed E-state index contributed by atoms with van der Waals surface area (Å²) in [6.45, 7) is 4.93. The summed E-state index contributed by atoms with van der Waals surface area (Å²) >= 11 is 0. The summed E-state index contributed by atoms with van der Waals surface area (Å²) in [5.74, 6) is 1.37. The summed E-state index contributed by atoms with van der Waals surface area (Å²) in [5, 5.41) is 7.22. The molecule has 2 aliphatic rings. The SMILES string of the molecule is CN=C(NCC1CCOC1c1ccccc1)NC1CCCN(Cc2ccccc2)C1. The van der Waals surface area contributed by atoms with Crippen molar-refractivity contribution in [2.75, 3.05) is 33.3 Å². The maximum atomic E-state index is 6.03. The van der Waals surface area contributed by atoms with Crippen molar-refractivity contribution in [1.82, 2.24) is 15.5 Å². The number of likely N-dealkylation sites (tertiary alicyclic amines) is 1. The topological polar surface area (TPSA) is 48.9 Å². The van der Waals surface area contributed by atoms with E-state index in [2.05, 4.69) is 81.2 Å². The third-order valence-electron chi connectivity index (χ3n) is 6.19. The van der Waals surface area contributed by atoms with Gasteiger partial charge in [-0.3, -0.25) is 9.89 Å². The van der Waals surface area contributed by atoms with Crippen LogP contribution in [0.5, 0.6) is 0 Å². The molecule has 5 heteroatoms. The Hall–Kier alpha value is -2.37. The van der Waals surface area contributed by atoms with Gasteiger partial charge < -0.3 is 15.4 Å². The molecule has 30 heavy (non-hydrogen) atoms. The van der Waals surface area contributed by atoms with E-state index >= 15 is 0 Å². The van der Waals surface area contributed by atoms with E-state index in [0.29, 0.717) is 12.0 Å². The molecule has 2 fully saturated rings. The lowest BCUT2D eigenvalue weighted by atomic mass is 9.95. The lowest BCUT2D eigenvalue weighted by Gasteiger charge is -2.34. The molecule has 5 nitrogen and oxygen atoms in total. The summed E-state index contributed by atoms with van der Waals surface area (Å²) in [5.41, 5.74) is 2.66. The lowest BCUT2D eigenvalue weighted by molar-refractivity contribution is 0.0915. The average Bonchev–Trinajstić information content (AvgIpc) is 3.27. The van der Waals surface area contributed by atoms with Gasteiger partial charge in [0.05, 0.1) is 6.10 Å². The molecular formula is C25H34N4O. The number of hydrogen-bond donors (Lipinski definition) is 2. The summed E-state index contributed by atoms with van der Waals surface area (Å²) in [6, 6.07) is 21.7. The van der Waals surface area contributed by atoms with Crippen LogP contribution in [0.2, 0.25) is 0 Å². The Morgan fingerprint density at radius 2 is 1.83 bits per heavy atom. The fourth-order valence-corrected chi connectivity index (χ4v) is 4.63. The number of piperidine rings is 1. The minimum atomic E-state index is 0.174. The van der Waals surface area contributed by atoms with E-state index in [4.69, 9.17) is 4.74 Å². The second-order valence-electron chi connectivity index (χ2n) is 8.41. The Labute approximate surface area is 180 Å². The number of nitrogens with zero attached hydrogens (tertiary/aromatic N) is 2. The number of aliphatic imine (C=N–C) groups is 1. The first-order chi connectivity index (χ1) is 14.8. The average molecular weight is 407 g/mol. The number of ether oxygens (including phenoxy) is 1. The zero-order valence-electron chi connectivity index (χ0n) is 18.0. The molecule has 2 aromatic rings. The van der Waals surface area contributed by atoms with Crippen LogP contribution < -0.4 is 10.6 Å². The van der Waals surface area contributed by atoms with Crippen molar-refractivity contribution in [2.45, 2.75) is 38.0 Å². The summed E-state index contributed by atoms with van der Waals surface area (Å²) in [7, 11) is 1.86. The first-order valence-corrected chi connectivity index (χ1v) is 11.2. The van der Waals surface area contributed by atoms with Crippen molar-refractivity contribution in [3.05, 3.63) is 71.8 Å². The van der Waals surface area contributed by atoms with E-state index in [1.807, 2.05) is 7.05 Å². The molecule has 2 aliphatic heterocycles. The van der Waals surface area contributed by atoms with Gasteiger partial charge in [0.1, 0.15) is 0 Å². The Bertz CT molecular complexity index is 795. The highest BCUT2D eigenvalue weighted by Crippen LogP contribution is 2.33. The Kier molecular flexibility index (Phi) is 7.38. The van der Waals surface area contributed by atoms with Gasteiger partial charge in [-0.1, -0.05) is 60.7 Å². The summed E-state index contributed by atoms with van der Waals surface area (Å²) < 4.78 is 6.03. The molecule has 2 heterocycles. The van der Waals surface area contributed by atoms with Crippen molar-refractivity contribution in [3.63, 3.8) is 0 Å². The predicted molar refractivity (Wildman–Crippen MR) is 122 cm³/mol. The maximum absolute atomic E-state index is 6.03. The zero-order chi connectivity index (χ0) is 20.6. The van der Waals surface area contributed by atoms with Gasteiger partial charge in [0, 0.05) is 45.2 Å². The molecule has 160 valence electrons. The van der Waals surface area contributed by atoms with Crippen LogP contribution in [0.4, 0.5) is 0 Å². The molecule has 0 aromatic heterocycles. The molecule has 0 spiro atoms. The number of benzene rings is 2. The molecule has 0 saturated carbocycles. The van der Waals surface area contributed by atoms with Crippen molar-refractivity contribution in [3.8, 4) is 0 Å². The number of hydrogen-bond acceptors (Lipinski definition) is 3. The van der Waals surface area contributed by atoms with E-state index in [1.54, 1.807) is 0 Å².